The van der Waals surface area contributed by atoms with Crippen LogP contribution >= 0.6 is 0 Å². The number of benzene rings is 1. The Morgan fingerprint density at radius 3 is 2.00 bits per heavy atom. The van der Waals surface area contributed by atoms with Crippen molar-refractivity contribution >= 4 is 0 Å². The molecule has 2 atom stereocenters. The first-order valence-corrected chi connectivity index (χ1v) is 4.81. The van der Waals surface area contributed by atoms with Crippen molar-refractivity contribution in [1.82, 2.24) is 0 Å². The van der Waals surface area contributed by atoms with Crippen molar-refractivity contribution in [1.29, 1.82) is 0 Å². The first kappa shape index (κ1) is 15.7. The van der Waals surface area contributed by atoms with Gasteiger partial charge >= 0.3 is 12.4 Å². The van der Waals surface area contributed by atoms with Crippen molar-refractivity contribution in [3.63, 3.8) is 0 Å². The highest BCUT2D eigenvalue weighted by atomic mass is 19.4. The highest BCUT2D eigenvalue weighted by Gasteiger charge is 2.45. The molecule has 0 aliphatic carbocycles. The van der Waals surface area contributed by atoms with E-state index in [0.29, 0.717) is 6.07 Å². The average Bonchev–Trinajstić information content (AvgIpc) is 2.24. The van der Waals surface area contributed by atoms with Gasteiger partial charge in [-0.3, -0.25) is 0 Å². The van der Waals surface area contributed by atoms with E-state index in [0.717, 1.165) is 0 Å². The number of rotatable bonds is 2. The smallest absolute Gasteiger partial charge is 0.382 e. The second-order valence-electron chi connectivity index (χ2n) is 3.74. The van der Waals surface area contributed by atoms with Crippen LogP contribution in [0.3, 0.4) is 0 Å². The monoisotopic (exact) mass is 291 g/mol. The SMILES string of the molecule is N[C@H](c1cc(F)ccc1C(F)(F)F)[C@@H](O)C(F)(F)F. The largest absolute Gasteiger partial charge is 0.416 e. The number of aliphatic hydroxyl groups is 1. The minimum absolute atomic E-state index is 0.225. The maximum atomic E-state index is 12.9. The van der Waals surface area contributed by atoms with Crippen molar-refractivity contribution in [2.24, 2.45) is 5.73 Å². The van der Waals surface area contributed by atoms with Crippen molar-refractivity contribution < 1.29 is 35.8 Å². The van der Waals surface area contributed by atoms with Gasteiger partial charge in [-0.2, -0.15) is 26.3 Å². The third kappa shape index (κ3) is 3.57. The molecule has 0 aliphatic heterocycles. The normalized spacial score (nSPS) is 16.3. The number of alkyl halides is 6. The van der Waals surface area contributed by atoms with Gasteiger partial charge in [0.05, 0.1) is 11.6 Å². The third-order valence-electron chi connectivity index (χ3n) is 2.35. The Morgan fingerprint density at radius 1 is 1.05 bits per heavy atom. The molecule has 1 aromatic rings. The molecule has 0 aliphatic rings. The van der Waals surface area contributed by atoms with E-state index < -0.39 is 41.4 Å². The van der Waals surface area contributed by atoms with Crippen LogP contribution in [0.2, 0.25) is 0 Å². The van der Waals surface area contributed by atoms with Crippen LogP contribution in [0.1, 0.15) is 17.2 Å². The fourth-order valence-corrected chi connectivity index (χ4v) is 1.44. The molecule has 9 heteroatoms. The Morgan fingerprint density at radius 2 is 1.58 bits per heavy atom. The molecule has 1 rings (SSSR count). The first-order chi connectivity index (χ1) is 8.44. The lowest BCUT2D eigenvalue weighted by Crippen LogP contribution is -2.39. The molecule has 0 bridgehead atoms. The number of aliphatic hydroxyl groups excluding tert-OH is 1. The van der Waals surface area contributed by atoms with E-state index in [2.05, 4.69) is 0 Å². The van der Waals surface area contributed by atoms with E-state index in [1.165, 1.54) is 0 Å². The van der Waals surface area contributed by atoms with Crippen molar-refractivity contribution in [2.75, 3.05) is 0 Å². The van der Waals surface area contributed by atoms with Gasteiger partial charge in [0.1, 0.15) is 5.82 Å². The molecule has 0 radical (unpaired) electrons. The zero-order valence-electron chi connectivity index (χ0n) is 9.06. The molecule has 0 unspecified atom stereocenters. The summed E-state index contributed by atoms with van der Waals surface area (Å²) in [5.41, 5.74) is 2.28. The van der Waals surface area contributed by atoms with Crippen LogP contribution in [0.15, 0.2) is 18.2 Å². The Labute approximate surface area is 102 Å². The van der Waals surface area contributed by atoms with Crippen LogP contribution in [0.5, 0.6) is 0 Å². The van der Waals surface area contributed by atoms with E-state index in [9.17, 15) is 30.7 Å². The molecule has 2 nitrogen and oxygen atoms in total. The molecule has 19 heavy (non-hydrogen) atoms. The fraction of sp³-hybridized carbons (Fsp3) is 0.400. The molecule has 0 spiro atoms. The minimum atomic E-state index is -5.21. The van der Waals surface area contributed by atoms with Gasteiger partial charge in [0.15, 0.2) is 6.10 Å². The third-order valence-corrected chi connectivity index (χ3v) is 2.35. The molecule has 0 fully saturated rings. The summed E-state index contributed by atoms with van der Waals surface area (Å²) in [5, 5.41) is 8.85. The summed E-state index contributed by atoms with van der Waals surface area (Å²) in [6.45, 7) is 0. The highest BCUT2D eigenvalue weighted by Crippen LogP contribution is 2.37. The first-order valence-electron chi connectivity index (χ1n) is 4.81. The van der Waals surface area contributed by atoms with Gasteiger partial charge in [-0.1, -0.05) is 0 Å². The lowest BCUT2D eigenvalue weighted by Gasteiger charge is -2.24. The van der Waals surface area contributed by atoms with Gasteiger partial charge in [-0.05, 0) is 23.8 Å². The number of hydrogen-bond acceptors (Lipinski definition) is 2. The predicted octanol–water partition coefficient (Wildman–Crippen LogP) is 2.77. The van der Waals surface area contributed by atoms with Crippen molar-refractivity contribution in [3.8, 4) is 0 Å². The molecular formula is C10H8F7NO. The Kier molecular flexibility index (Phi) is 4.11. The highest BCUT2D eigenvalue weighted by molar-refractivity contribution is 5.33. The minimum Gasteiger partial charge on any atom is -0.382 e. The number of halogens is 7. The molecule has 0 heterocycles. The van der Waals surface area contributed by atoms with E-state index >= 15 is 0 Å². The van der Waals surface area contributed by atoms with Gasteiger partial charge in [0, 0.05) is 0 Å². The second kappa shape index (κ2) is 4.97. The molecule has 3 N–H and O–H groups in total. The van der Waals surface area contributed by atoms with E-state index in [1.54, 1.807) is 0 Å². The molecule has 0 saturated heterocycles. The topological polar surface area (TPSA) is 46.2 Å². The van der Waals surface area contributed by atoms with Crippen LogP contribution in [0.4, 0.5) is 30.7 Å². The van der Waals surface area contributed by atoms with Gasteiger partial charge in [0.2, 0.25) is 0 Å². The van der Waals surface area contributed by atoms with Gasteiger partial charge in [-0.25, -0.2) is 4.39 Å². The number of nitrogens with two attached hydrogens (primary N) is 1. The van der Waals surface area contributed by atoms with Gasteiger partial charge in [-0.15, -0.1) is 0 Å². The Balaban J connectivity index is 3.29. The van der Waals surface area contributed by atoms with Crippen LogP contribution in [-0.4, -0.2) is 17.4 Å². The van der Waals surface area contributed by atoms with Crippen LogP contribution in [0.25, 0.3) is 0 Å². The molecular weight excluding hydrogens is 283 g/mol. The summed E-state index contributed by atoms with van der Waals surface area (Å²) < 4.78 is 87.2. The van der Waals surface area contributed by atoms with Gasteiger partial charge < -0.3 is 10.8 Å². The quantitative estimate of drug-likeness (QED) is 0.823. The average molecular weight is 291 g/mol. The second-order valence-corrected chi connectivity index (χ2v) is 3.74. The van der Waals surface area contributed by atoms with Crippen molar-refractivity contribution in [3.05, 3.63) is 35.1 Å². The summed E-state index contributed by atoms with van der Waals surface area (Å²) in [4.78, 5) is 0. The summed E-state index contributed by atoms with van der Waals surface area (Å²) in [6.07, 6.45) is -13.4. The zero-order valence-corrected chi connectivity index (χ0v) is 9.06. The molecule has 0 aromatic heterocycles. The van der Waals surface area contributed by atoms with Crippen LogP contribution < -0.4 is 5.73 Å². The maximum Gasteiger partial charge on any atom is 0.416 e. The Bertz CT molecular complexity index is 454. The van der Waals surface area contributed by atoms with Crippen molar-refractivity contribution in [2.45, 2.75) is 24.5 Å². The van der Waals surface area contributed by atoms with Crippen LogP contribution in [0, 0.1) is 5.82 Å². The predicted molar refractivity (Wildman–Crippen MR) is 50.4 cm³/mol. The summed E-state index contributed by atoms with van der Waals surface area (Å²) in [6, 6.07) is -1.50. The lowest BCUT2D eigenvalue weighted by atomic mass is 9.96. The molecule has 0 saturated carbocycles. The summed E-state index contributed by atoms with van der Waals surface area (Å²) in [7, 11) is 0. The van der Waals surface area contributed by atoms with E-state index in [4.69, 9.17) is 10.8 Å². The molecule has 0 amide bonds. The summed E-state index contributed by atoms with van der Waals surface area (Å²) in [5.74, 6) is -1.19. The lowest BCUT2D eigenvalue weighted by molar-refractivity contribution is -0.211. The number of hydrogen-bond donors (Lipinski definition) is 2. The standard InChI is InChI=1S/C10H8F7NO/c11-4-1-2-6(9(12,13)14)5(3-4)7(18)8(19)10(15,16)17/h1-3,7-8,19H,18H2/t7-,8-/m1/s1. The zero-order chi connectivity index (χ0) is 15.0. The fourth-order valence-electron chi connectivity index (χ4n) is 1.44. The molecule has 108 valence electrons. The van der Waals surface area contributed by atoms with Gasteiger partial charge in [0.25, 0.3) is 0 Å². The van der Waals surface area contributed by atoms with E-state index in [-0.39, 0.29) is 12.1 Å². The summed E-state index contributed by atoms with van der Waals surface area (Å²) >= 11 is 0. The van der Waals surface area contributed by atoms with E-state index in [1.807, 2.05) is 0 Å². The maximum absolute atomic E-state index is 12.9. The van der Waals surface area contributed by atoms with Crippen LogP contribution in [-0.2, 0) is 6.18 Å². The Hall–Kier alpha value is -1.35. The molecule has 1 aromatic carbocycles.